The Hall–Kier alpha value is -5.86. The average molecular weight is 651 g/mol. The van der Waals surface area contributed by atoms with Crippen molar-refractivity contribution < 1.29 is 14.4 Å². The van der Waals surface area contributed by atoms with E-state index in [1.54, 1.807) is 36.4 Å². The number of aromatic amines is 1. The zero-order valence-electron chi connectivity index (χ0n) is 26.3. The highest BCUT2D eigenvalue weighted by molar-refractivity contribution is 8.00. The molecule has 5 aromatic carbocycles. The van der Waals surface area contributed by atoms with Gasteiger partial charge in [-0.2, -0.15) is 0 Å². The van der Waals surface area contributed by atoms with Crippen molar-refractivity contribution >= 4 is 57.8 Å². The molecule has 0 saturated heterocycles. The molecule has 1 atom stereocenters. The smallest absolute Gasteiger partial charge is 0.272 e. The fraction of sp³-hybridized carbons (Fsp3) is 0.0750. The van der Waals surface area contributed by atoms with Crippen LogP contribution in [-0.4, -0.2) is 28.0 Å². The Labute approximate surface area is 283 Å². The second-order valence-corrected chi connectivity index (χ2v) is 12.4. The number of H-pyrrole nitrogens is 1. The predicted molar refractivity (Wildman–Crippen MR) is 196 cm³/mol. The number of carbonyl (C=O) groups excluding carboxylic acids is 3. The zero-order valence-corrected chi connectivity index (χ0v) is 27.1. The molecule has 0 radical (unpaired) electrons. The van der Waals surface area contributed by atoms with Crippen molar-refractivity contribution in [3.63, 3.8) is 0 Å². The molecule has 3 amide bonds. The van der Waals surface area contributed by atoms with E-state index in [4.69, 9.17) is 0 Å². The van der Waals surface area contributed by atoms with Crippen molar-refractivity contribution in [2.75, 3.05) is 10.6 Å². The summed E-state index contributed by atoms with van der Waals surface area (Å²) in [6, 6.07) is 41.7. The average Bonchev–Trinajstić information content (AvgIpc) is 3.59. The van der Waals surface area contributed by atoms with Crippen LogP contribution in [0.2, 0.25) is 0 Å². The second-order valence-electron chi connectivity index (χ2n) is 11.1. The van der Waals surface area contributed by atoms with Crippen molar-refractivity contribution in [1.29, 1.82) is 0 Å². The van der Waals surface area contributed by atoms with Crippen molar-refractivity contribution in [3.8, 4) is 11.1 Å². The monoisotopic (exact) mass is 650 g/mol. The highest BCUT2D eigenvalue weighted by Gasteiger charge is 2.20. The van der Waals surface area contributed by atoms with E-state index in [-0.39, 0.29) is 16.9 Å². The number of thioether (sulfide) groups is 1. The summed E-state index contributed by atoms with van der Waals surface area (Å²) in [4.78, 5) is 44.0. The van der Waals surface area contributed by atoms with E-state index in [0.717, 1.165) is 38.2 Å². The topological polar surface area (TPSA) is 103 Å². The Kier molecular flexibility index (Phi) is 10.1. The molecule has 0 saturated carbocycles. The fourth-order valence-electron chi connectivity index (χ4n) is 5.19. The molecule has 0 aliphatic rings. The van der Waals surface area contributed by atoms with Crippen molar-refractivity contribution in [2.45, 2.75) is 23.5 Å². The van der Waals surface area contributed by atoms with Gasteiger partial charge in [-0.05, 0) is 83.1 Å². The second kappa shape index (κ2) is 15.2. The molecule has 48 heavy (non-hydrogen) atoms. The lowest BCUT2D eigenvalue weighted by Crippen LogP contribution is -2.30. The Bertz CT molecular complexity index is 2070. The third kappa shape index (κ3) is 8.10. The number of nitrogens with one attached hydrogen (secondary N) is 4. The summed E-state index contributed by atoms with van der Waals surface area (Å²) in [7, 11) is 0. The van der Waals surface area contributed by atoms with Crippen LogP contribution in [0.4, 0.5) is 11.4 Å². The molecule has 0 fully saturated rings. The Morgan fingerprint density at radius 1 is 0.729 bits per heavy atom. The summed E-state index contributed by atoms with van der Waals surface area (Å²) >= 11 is 1.43. The van der Waals surface area contributed by atoms with Crippen LogP contribution in [0, 0.1) is 0 Å². The van der Waals surface area contributed by atoms with Crippen LogP contribution in [0.15, 0.2) is 150 Å². The van der Waals surface area contributed by atoms with E-state index >= 15 is 0 Å². The van der Waals surface area contributed by atoms with Crippen LogP contribution in [0.5, 0.6) is 0 Å². The van der Waals surface area contributed by atoms with E-state index in [0.29, 0.717) is 17.7 Å². The summed E-state index contributed by atoms with van der Waals surface area (Å²) in [6.45, 7) is 1.97. The van der Waals surface area contributed by atoms with E-state index < -0.39 is 11.8 Å². The zero-order chi connectivity index (χ0) is 33.3. The van der Waals surface area contributed by atoms with Gasteiger partial charge in [0.2, 0.25) is 5.91 Å². The van der Waals surface area contributed by atoms with Gasteiger partial charge in [0.05, 0.1) is 5.25 Å². The number of anilines is 2. The molecule has 4 N–H and O–H groups in total. The number of benzene rings is 5. The third-order valence-corrected chi connectivity index (χ3v) is 9.07. The van der Waals surface area contributed by atoms with Crippen LogP contribution in [0.3, 0.4) is 0 Å². The maximum absolute atomic E-state index is 13.7. The Balaban J connectivity index is 1.18. The van der Waals surface area contributed by atoms with Gasteiger partial charge < -0.3 is 20.9 Å². The summed E-state index contributed by atoms with van der Waals surface area (Å²) < 4.78 is 0. The first-order chi connectivity index (χ1) is 23.4. The largest absolute Gasteiger partial charge is 0.361 e. The lowest BCUT2D eigenvalue weighted by molar-refractivity contribution is -0.116. The molecule has 7 nitrogen and oxygen atoms in total. The van der Waals surface area contributed by atoms with Gasteiger partial charge in [-0.15, -0.1) is 11.8 Å². The molecule has 1 unspecified atom stereocenters. The first kappa shape index (κ1) is 32.1. The van der Waals surface area contributed by atoms with E-state index in [2.05, 4.69) is 20.9 Å². The predicted octanol–water partition coefficient (Wildman–Crippen LogP) is 8.75. The highest BCUT2D eigenvalue weighted by atomic mass is 32.2. The Morgan fingerprint density at radius 3 is 2.19 bits per heavy atom. The minimum Gasteiger partial charge on any atom is -0.361 e. The number of aromatic nitrogens is 1. The minimum atomic E-state index is -0.474. The highest BCUT2D eigenvalue weighted by Crippen LogP contribution is 2.29. The molecular formula is C40H34N4O3S. The molecule has 0 aliphatic heterocycles. The summed E-state index contributed by atoms with van der Waals surface area (Å²) in [5.74, 6) is -0.970. The summed E-state index contributed by atoms with van der Waals surface area (Å²) in [5.41, 5.74) is 5.63. The quantitative estimate of drug-likeness (QED) is 0.0832. The van der Waals surface area contributed by atoms with Gasteiger partial charge in [-0.3, -0.25) is 14.4 Å². The van der Waals surface area contributed by atoms with Gasteiger partial charge in [-0.25, -0.2) is 0 Å². The molecule has 0 spiro atoms. The SMILES string of the molecule is CCC(Sc1cccc(NC(=O)/C(=C\c2ccc(-c3ccccc3)cc2)NC(=O)c2ccccc2)c1)C(=O)Nc1ccc2cc[nH]c2c1. The van der Waals surface area contributed by atoms with E-state index in [1.807, 2.05) is 116 Å². The first-order valence-electron chi connectivity index (χ1n) is 15.6. The molecule has 1 heterocycles. The van der Waals surface area contributed by atoms with Crippen molar-refractivity contribution in [1.82, 2.24) is 10.3 Å². The van der Waals surface area contributed by atoms with Crippen LogP contribution in [0.1, 0.15) is 29.3 Å². The molecular weight excluding hydrogens is 617 g/mol. The summed E-state index contributed by atoms with van der Waals surface area (Å²) in [6.07, 6.45) is 4.14. The Morgan fingerprint density at radius 2 is 1.44 bits per heavy atom. The first-order valence-corrected chi connectivity index (χ1v) is 16.5. The van der Waals surface area contributed by atoms with Crippen LogP contribution < -0.4 is 16.0 Å². The fourth-order valence-corrected chi connectivity index (χ4v) is 6.21. The van der Waals surface area contributed by atoms with Crippen LogP contribution in [-0.2, 0) is 9.59 Å². The number of carbonyl (C=O) groups is 3. The van der Waals surface area contributed by atoms with Gasteiger partial charge in [0, 0.05) is 33.5 Å². The lowest BCUT2D eigenvalue weighted by Gasteiger charge is -2.16. The van der Waals surface area contributed by atoms with E-state index in [9.17, 15) is 14.4 Å². The standard InChI is InChI=1S/C40H34N4O3S/c1-2-37(40(47)43-33-21-20-30-22-23-41-35(30)26-33)48-34-15-9-14-32(25-34)42-39(46)36(44-38(45)31-12-7-4-8-13-31)24-27-16-18-29(19-17-27)28-10-5-3-6-11-28/h3-26,37,41H,2H2,1H3,(H,42,46)(H,43,47)(H,44,45)/b36-24+. The van der Waals surface area contributed by atoms with Gasteiger partial charge >= 0.3 is 0 Å². The normalized spacial score (nSPS) is 11.9. The van der Waals surface area contributed by atoms with Gasteiger partial charge in [0.15, 0.2) is 0 Å². The molecule has 6 aromatic rings. The van der Waals surface area contributed by atoms with Crippen LogP contribution in [0.25, 0.3) is 28.1 Å². The maximum Gasteiger partial charge on any atom is 0.272 e. The third-order valence-electron chi connectivity index (χ3n) is 7.71. The van der Waals surface area contributed by atoms with Gasteiger partial charge in [0.25, 0.3) is 11.8 Å². The van der Waals surface area contributed by atoms with Crippen LogP contribution >= 0.6 is 11.8 Å². The van der Waals surface area contributed by atoms with Crippen molar-refractivity contribution in [3.05, 3.63) is 156 Å². The lowest BCUT2D eigenvalue weighted by atomic mass is 10.0. The van der Waals surface area contributed by atoms with Gasteiger partial charge in [0.1, 0.15) is 5.70 Å². The number of rotatable bonds is 11. The number of hydrogen-bond acceptors (Lipinski definition) is 4. The summed E-state index contributed by atoms with van der Waals surface area (Å²) in [5, 5.41) is 9.48. The molecule has 0 aliphatic carbocycles. The van der Waals surface area contributed by atoms with Crippen molar-refractivity contribution in [2.24, 2.45) is 0 Å². The maximum atomic E-state index is 13.7. The number of amides is 3. The van der Waals surface area contributed by atoms with E-state index in [1.165, 1.54) is 11.8 Å². The molecule has 0 bridgehead atoms. The molecule has 8 heteroatoms. The van der Waals surface area contributed by atoms with Gasteiger partial charge in [-0.1, -0.05) is 91.9 Å². The number of hydrogen-bond donors (Lipinski definition) is 4. The molecule has 6 rings (SSSR count). The minimum absolute atomic E-state index is 0.0965. The number of fused-ring (bicyclic) bond motifs is 1. The molecule has 1 aromatic heterocycles. The molecule has 238 valence electrons.